The van der Waals surface area contributed by atoms with Crippen LogP contribution in [0.3, 0.4) is 0 Å². The minimum atomic E-state index is -0.927. The lowest BCUT2D eigenvalue weighted by Crippen LogP contribution is -2.62. The Morgan fingerprint density at radius 2 is 1.64 bits per heavy atom. The molecule has 0 aromatic heterocycles. The van der Waals surface area contributed by atoms with E-state index in [2.05, 4.69) is 10.6 Å². The second-order valence-corrected chi connectivity index (χ2v) is 16.4. The predicted molar refractivity (Wildman–Crippen MR) is 187 cm³/mol. The summed E-state index contributed by atoms with van der Waals surface area (Å²) in [6.07, 6.45) is -0.283. The Morgan fingerprint density at radius 1 is 0.980 bits per heavy atom. The molecule has 4 amide bonds. The first kappa shape index (κ1) is 37.2. The molecular formula is C38H52FN5O6. The molecule has 2 aromatic carbocycles. The molecule has 3 aliphatic heterocycles. The van der Waals surface area contributed by atoms with Crippen molar-refractivity contribution in [3.05, 3.63) is 59.9 Å². The third-order valence-electron chi connectivity index (χ3n) is 9.81. The number of benzene rings is 2. The lowest BCUT2D eigenvalue weighted by molar-refractivity contribution is -0.144. The number of halogens is 1. The van der Waals surface area contributed by atoms with Gasteiger partial charge in [0.05, 0.1) is 18.7 Å². The van der Waals surface area contributed by atoms with E-state index in [-0.39, 0.29) is 42.7 Å². The molecule has 11 nitrogen and oxygen atoms in total. The molecule has 3 saturated heterocycles. The maximum absolute atomic E-state index is 14.3. The molecule has 1 spiro atoms. The van der Waals surface area contributed by atoms with Crippen molar-refractivity contribution in [3.8, 4) is 11.1 Å². The molecule has 50 heavy (non-hydrogen) atoms. The molecule has 0 saturated carbocycles. The Balaban J connectivity index is 1.17. The normalized spacial score (nSPS) is 21.8. The second kappa shape index (κ2) is 14.3. The number of hydrogen-bond acceptors (Lipinski definition) is 7. The first-order valence-electron chi connectivity index (χ1n) is 17.5. The molecule has 5 rings (SSSR count). The molecule has 3 heterocycles. The zero-order chi connectivity index (χ0) is 36.6. The molecule has 2 aromatic rings. The van der Waals surface area contributed by atoms with E-state index in [0.29, 0.717) is 37.3 Å². The number of aliphatic hydroxyl groups is 1. The van der Waals surface area contributed by atoms with Gasteiger partial charge in [0.2, 0.25) is 17.7 Å². The standard InChI is InChI=1S/C38H52FN5O6/c1-24(25-12-14-26(15-13-25)28-10-8-9-11-29(28)39)40-33(47)30-18-27(45)19-44(30)34(48)32(36(2,3)4)41-31(46)20-42-21-38(22-42)16-17-43(23-38)35(49)50-37(5,6)7/h8-15,24,27,30,32,45H,16-23H2,1-7H3,(H,40,47)(H,41,46)/t24-,27+,30-,32+/m0/s1. The number of nitrogens with one attached hydrogen (secondary N) is 2. The van der Waals surface area contributed by atoms with Crippen molar-refractivity contribution in [1.29, 1.82) is 0 Å². The number of hydrogen-bond donors (Lipinski definition) is 3. The molecule has 0 unspecified atom stereocenters. The summed E-state index contributed by atoms with van der Waals surface area (Å²) in [5.74, 6) is -1.44. The van der Waals surface area contributed by atoms with Gasteiger partial charge in [0.1, 0.15) is 23.5 Å². The molecule has 4 atom stereocenters. The van der Waals surface area contributed by atoms with E-state index in [9.17, 15) is 28.7 Å². The quantitative estimate of drug-likeness (QED) is 0.380. The monoisotopic (exact) mass is 693 g/mol. The topological polar surface area (TPSA) is 132 Å². The summed E-state index contributed by atoms with van der Waals surface area (Å²) in [6.45, 7) is 15.5. The summed E-state index contributed by atoms with van der Waals surface area (Å²) in [4.78, 5) is 58.6. The van der Waals surface area contributed by atoms with Crippen LogP contribution < -0.4 is 10.6 Å². The summed E-state index contributed by atoms with van der Waals surface area (Å²) in [5, 5.41) is 16.5. The molecule has 3 N–H and O–H groups in total. The van der Waals surface area contributed by atoms with Crippen LogP contribution in [0.4, 0.5) is 9.18 Å². The molecule has 0 aliphatic carbocycles. The van der Waals surface area contributed by atoms with E-state index in [0.717, 1.165) is 12.0 Å². The van der Waals surface area contributed by atoms with Gasteiger partial charge < -0.3 is 30.3 Å². The molecule has 3 aliphatic rings. The average molecular weight is 694 g/mol. The van der Waals surface area contributed by atoms with Crippen molar-refractivity contribution >= 4 is 23.8 Å². The Bertz CT molecular complexity index is 1580. The van der Waals surface area contributed by atoms with E-state index >= 15 is 0 Å². The molecule has 3 fully saturated rings. The van der Waals surface area contributed by atoms with Crippen LogP contribution in [0.1, 0.15) is 72.9 Å². The minimum absolute atomic E-state index is 0.0200. The van der Waals surface area contributed by atoms with E-state index in [4.69, 9.17) is 4.74 Å². The highest BCUT2D eigenvalue weighted by molar-refractivity contribution is 5.93. The van der Waals surface area contributed by atoms with Gasteiger partial charge in [-0.15, -0.1) is 0 Å². The van der Waals surface area contributed by atoms with Gasteiger partial charge in [-0.1, -0.05) is 63.2 Å². The molecule has 0 radical (unpaired) electrons. The number of likely N-dealkylation sites (tertiary alicyclic amines) is 3. The largest absolute Gasteiger partial charge is 0.444 e. The van der Waals surface area contributed by atoms with E-state index in [1.165, 1.54) is 11.0 Å². The van der Waals surface area contributed by atoms with Crippen LogP contribution in [0.15, 0.2) is 48.5 Å². The van der Waals surface area contributed by atoms with Gasteiger partial charge in [0.25, 0.3) is 0 Å². The number of ether oxygens (including phenoxy) is 1. The number of amides is 4. The minimum Gasteiger partial charge on any atom is -0.444 e. The van der Waals surface area contributed by atoms with E-state index in [1.54, 1.807) is 35.2 Å². The fourth-order valence-electron chi connectivity index (χ4n) is 7.26. The van der Waals surface area contributed by atoms with Gasteiger partial charge in [0.15, 0.2) is 0 Å². The summed E-state index contributed by atoms with van der Waals surface area (Å²) in [7, 11) is 0. The number of aliphatic hydroxyl groups excluding tert-OH is 1. The highest BCUT2D eigenvalue weighted by Gasteiger charge is 2.50. The SMILES string of the molecule is C[C@H](NC(=O)[C@@H]1C[C@@H](O)CN1C(=O)[C@@H](NC(=O)CN1CC2(CCN(C(=O)OC(C)(C)C)C2)C1)C(C)(C)C)c1ccc(-c2ccccc2F)cc1. The Hall–Kier alpha value is -4.03. The van der Waals surface area contributed by atoms with Crippen LogP contribution in [0.25, 0.3) is 11.1 Å². The van der Waals surface area contributed by atoms with E-state index in [1.807, 2.05) is 65.5 Å². The van der Waals surface area contributed by atoms with Gasteiger partial charge in [0, 0.05) is 50.1 Å². The fraction of sp³-hybridized carbons (Fsp3) is 0.579. The molecular weight excluding hydrogens is 641 g/mol. The second-order valence-electron chi connectivity index (χ2n) is 16.4. The smallest absolute Gasteiger partial charge is 0.410 e. The fourth-order valence-corrected chi connectivity index (χ4v) is 7.26. The lowest BCUT2D eigenvalue weighted by atomic mass is 9.79. The van der Waals surface area contributed by atoms with Crippen molar-refractivity contribution in [2.75, 3.05) is 39.3 Å². The van der Waals surface area contributed by atoms with Crippen molar-refractivity contribution in [3.63, 3.8) is 0 Å². The summed E-state index contributed by atoms with van der Waals surface area (Å²) >= 11 is 0. The third-order valence-corrected chi connectivity index (χ3v) is 9.81. The molecule has 12 heteroatoms. The van der Waals surface area contributed by atoms with Crippen molar-refractivity contribution in [2.45, 2.75) is 91.1 Å². The van der Waals surface area contributed by atoms with Crippen LogP contribution in [-0.2, 0) is 19.1 Å². The van der Waals surface area contributed by atoms with Gasteiger partial charge in [-0.25, -0.2) is 9.18 Å². The lowest BCUT2D eigenvalue weighted by Gasteiger charge is -2.48. The summed E-state index contributed by atoms with van der Waals surface area (Å²) < 4.78 is 19.8. The first-order chi connectivity index (χ1) is 23.3. The summed E-state index contributed by atoms with van der Waals surface area (Å²) in [5.41, 5.74) is 0.698. The number of carbonyl (C=O) groups is 4. The maximum atomic E-state index is 14.3. The number of β-amino-alcohol motifs (C(OH)–C–C–N with tert-alkyl or cyclic N) is 1. The van der Waals surface area contributed by atoms with Crippen molar-refractivity contribution in [2.24, 2.45) is 10.8 Å². The molecule has 0 bridgehead atoms. The maximum Gasteiger partial charge on any atom is 0.410 e. The Morgan fingerprint density at radius 3 is 2.26 bits per heavy atom. The highest BCUT2D eigenvalue weighted by atomic mass is 19.1. The van der Waals surface area contributed by atoms with Gasteiger partial charge in [-0.2, -0.15) is 0 Å². The Kier molecular flexibility index (Phi) is 10.6. The van der Waals surface area contributed by atoms with Crippen LogP contribution >= 0.6 is 0 Å². The van der Waals surface area contributed by atoms with Gasteiger partial charge in [-0.05, 0) is 56.7 Å². The number of nitrogens with zero attached hydrogens (tertiary/aromatic N) is 3. The van der Waals surface area contributed by atoms with Crippen molar-refractivity contribution < 1.29 is 33.4 Å². The average Bonchev–Trinajstić information content (AvgIpc) is 3.63. The summed E-state index contributed by atoms with van der Waals surface area (Å²) in [6, 6.07) is 11.5. The van der Waals surface area contributed by atoms with Gasteiger partial charge >= 0.3 is 6.09 Å². The first-order valence-corrected chi connectivity index (χ1v) is 17.5. The number of carbonyl (C=O) groups excluding carboxylic acids is 4. The van der Waals surface area contributed by atoms with Gasteiger partial charge in [-0.3, -0.25) is 19.3 Å². The highest BCUT2D eigenvalue weighted by Crippen LogP contribution is 2.40. The Labute approximate surface area is 294 Å². The number of rotatable bonds is 8. The van der Waals surface area contributed by atoms with Crippen LogP contribution in [0, 0.1) is 16.6 Å². The van der Waals surface area contributed by atoms with Crippen LogP contribution in [0.2, 0.25) is 0 Å². The zero-order valence-corrected chi connectivity index (χ0v) is 30.3. The van der Waals surface area contributed by atoms with E-state index < -0.39 is 47.1 Å². The predicted octanol–water partition coefficient (Wildman–Crippen LogP) is 4.11. The third kappa shape index (κ3) is 8.63. The van der Waals surface area contributed by atoms with Crippen LogP contribution in [0.5, 0.6) is 0 Å². The van der Waals surface area contributed by atoms with Crippen molar-refractivity contribution in [1.82, 2.24) is 25.3 Å². The van der Waals surface area contributed by atoms with Crippen LogP contribution in [-0.4, -0.2) is 107 Å². The zero-order valence-electron chi connectivity index (χ0n) is 30.3. The molecule has 272 valence electrons.